The lowest BCUT2D eigenvalue weighted by Gasteiger charge is -2.18. The molecule has 1 atom stereocenters. The average molecular weight is 371 g/mol. The molecule has 0 saturated heterocycles. The molecule has 0 aliphatic rings. The van der Waals surface area contributed by atoms with Crippen LogP contribution in [0.4, 0.5) is 0 Å². The van der Waals surface area contributed by atoms with Crippen molar-refractivity contribution in [1.82, 2.24) is 0 Å². The molecule has 0 radical (unpaired) electrons. The highest BCUT2D eigenvalue weighted by Crippen LogP contribution is 2.12. The van der Waals surface area contributed by atoms with Crippen molar-refractivity contribution < 1.29 is 9.47 Å². The molecule has 0 bridgehead atoms. The summed E-state index contributed by atoms with van der Waals surface area (Å²) in [5.41, 5.74) is 0. The quantitative estimate of drug-likeness (QED) is 0.179. The van der Waals surface area contributed by atoms with Gasteiger partial charge < -0.3 is 9.47 Å². The molecule has 0 saturated carbocycles. The number of hydrogen-bond donors (Lipinski definition) is 0. The molecule has 0 aromatic heterocycles. The van der Waals surface area contributed by atoms with Gasteiger partial charge in [0.1, 0.15) is 0 Å². The molecule has 2 heteroatoms. The van der Waals surface area contributed by atoms with Gasteiger partial charge in [0.15, 0.2) is 0 Å². The molecule has 0 aliphatic carbocycles. The zero-order valence-corrected chi connectivity index (χ0v) is 18.5. The minimum absolute atomic E-state index is 0.322. The van der Waals surface area contributed by atoms with E-state index in [1.54, 1.807) is 0 Å². The van der Waals surface area contributed by atoms with Crippen molar-refractivity contribution in [3.05, 3.63) is 0 Å². The molecule has 0 aliphatic heterocycles. The van der Waals surface area contributed by atoms with Crippen LogP contribution in [0.2, 0.25) is 0 Å². The first kappa shape index (κ1) is 25.9. The SMILES string of the molecule is CCCCCCCCOCC(CCCCCC)OCCCCCCCC. The summed E-state index contributed by atoms with van der Waals surface area (Å²) in [6, 6.07) is 0. The number of unbranched alkanes of at least 4 members (excludes halogenated alkanes) is 13. The first-order chi connectivity index (χ1) is 12.8. The van der Waals surface area contributed by atoms with Gasteiger partial charge in [-0.15, -0.1) is 0 Å². The van der Waals surface area contributed by atoms with Gasteiger partial charge in [-0.05, 0) is 19.3 Å². The molecule has 0 rings (SSSR count). The summed E-state index contributed by atoms with van der Waals surface area (Å²) in [4.78, 5) is 0. The van der Waals surface area contributed by atoms with Crippen LogP contribution in [0.5, 0.6) is 0 Å². The molecule has 0 spiro atoms. The molecule has 0 heterocycles. The van der Waals surface area contributed by atoms with Crippen molar-refractivity contribution in [2.75, 3.05) is 19.8 Å². The third kappa shape index (κ3) is 20.2. The molecular formula is C24H50O2. The Balaban J connectivity index is 3.70. The largest absolute Gasteiger partial charge is 0.379 e. The van der Waals surface area contributed by atoms with E-state index in [-0.39, 0.29) is 0 Å². The lowest BCUT2D eigenvalue weighted by atomic mass is 10.1. The average Bonchev–Trinajstić information content (AvgIpc) is 2.65. The van der Waals surface area contributed by atoms with Gasteiger partial charge in [0.05, 0.1) is 12.7 Å². The maximum atomic E-state index is 6.16. The lowest BCUT2D eigenvalue weighted by molar-refractivity contribution is -0.0234. The van der Waals surface area contributed by atoms with Crippen molar-refractivity contribution in [2.45, 2.75) is 136 Å². The molecule has 2 nitrogen and oxygen atoms in total. The number of hydrogen-bond acceptors (Lipinski definition) is 2. The molecule has 158 valence electrons. The number of ether oxygens (including phenoxy) is 2. The Hall–Kier alpha value is -0.0800. The normalized spacial score (nSPS) is 12.6. The molecular weight excluding hydrogens is 320 g/mol. The first-order valence-corrected chi connectivity index (χ1v) is 12.0. The highest BCUT2D eigenvalue weighted by molar-refractivity contribution is 4.59. The van der Waals surface area contributed by atoms with E-state index in [1.807, 2.05) is 0 Å². The van der Waals surface area contributed by atoms with Crippen LogP contribution >= 0.6 is 0 Å². The fraction of sp³-hybridized carbons (Fsp3) is 1.00. The highest BCUT2D eigenvalue weighted by atomic mass is 16.5. The second-order valence-corrected chi connectivity index (χ2v) is 7.95. The first-order valence-electron chi connectivity index (χ1n) is 12.0. The minimum atomic E-state index is 0.322. The van der Waals surface area contributed by atoms with Crippen LogP contribution in [-0.4, -0.2) is 25.9 Å². The predicted molar refractivity (Wildman–Crippen MR) is 116 cm³/mol. The van der Waals surface area contributed by atoms with Crippen molar-refractivity contribution >= 4 is 0 Å². The summed E-state index contributed by atoms with van der Waals surface area (Å²) in [5.74, 6) is 0. The van der Waals surface area contributed by atoms with Gasteiger partial charge in [0.2, 0.25) is 0 Å². The van der Waals surface area contributed by atoms with E-state index in [0.29, 0.717) is 6.10 Å². The van der Waals surface area contributed by atoms with Crippen molar-refractivity contribution in [2.24, 2.45) is 0 Å². The molecule has 0 aromatic carbocycles. The van der Waals surface area contributed by atoms with Crippen LogP contribution in [0.1, 0.15) is 130 Å². The standard InChI is InChI=1S/C24H50O2/c1-4-7-10-13-15-18-21-25-23-24(20-17-12-9-6-3)26-22-19-16-14-11-8-5-2/h24H,4-23H2,1-3H3. The summed E-state index contributed by atoms with van der Waals surface area (Å²) in [6.45, 7) is 9.46. The van der Waals surface area contributed by atoms with Crippen LogP contribution in [0, 0.1) is 0 Å². The summed E-state index contributed by atoms with van der Waals surface area (Å²) < 4.78 is 12.1. The van der Waals surface area contributed by atoms with E-state index in [2.05, 4.69) is 20.8 Å². The molecule has 0 fully saturated rings. The zero-order chi connectivity index (χ0) is 19.1. The smallest absolute Gasteiger partial charge is 0.0808 e. The fourth-order valence-electron chi connectivity index (χ4n) is 3.35. The zero-order valence-electron chi connectivity index (χ0n) is 18.5. The Morgan fingerprint density at radius 2 is 0.962 bits per heavy atom. The molecule has 0 amide bonds. The molecule has 0 N–H and O–H groups in total. The Labute approximate surface area is 165 Å². The van der Waals surface area contributed by atoms with E-state index in [4.69, 9.17) is 9.47 Å². The Kier molecular flexibility index (Phi) is 22.9. The topological polar surface area (TPSA) is 18.5 Å². The van der Waals surface area contributed by atoms with Crippen molar-refractivity contribution in [3.63, 3.8) is 0 Å². The van der Waals surface area contributed by atoms with Crippen LogP contribution in [0.3, 0.4) is 0 Å². The van der Waals surface area contributed by atoms with Crippen molar-refractivity contribution in [3.8, 4) is 0 Å². The summed E-state index contributed by atoms with van der Waals surface area (Å²) in [5, 5.41) is 0. The van der Waals surface area contributed by atoms with E-state index in [0.717, 1.165) is 19.8 Å². The third-order valence-electron chi connectivity index (χ3n) is 5.18. The van der Waals surface area contributed by atoms with Crippen molar-refractivity contribution in [1.29, 1.82) is 0 Å². The lowest BCUT2D eigenvalue weighted by Crippen LogP contribution is -2.21. The second-order valence-electron chi connectivity index (χ2n) is 7.95. The maximum Gasteiger partial charge on any atom is 0.0808 e. The van der Waals surface area contributed by atoms with Gasteiger partial charge in [-0.2, -0.15) is 0 Å². The van der Waals surface area contributed by atoms with Crippen LogP contribution in [0.15, 0.2) is 0 Å². The predicted octanol–water partition coefficient (Wildman–Crippen LogP) is 8.08. The molecule has 26 heavy (non-hydrogen) atoms. The van der Waals surface area contributed by atoms with Crippen LogP contribution < -0.4 is 0 Å². The van der Waals surface area contributed by atoms with Gasteiger partial charge in [0, 0.05) is 13.2 Å². The molecule has 0 aromatic rings. The van der Waals surface area contributed by atoms with E-state index in [9.17, 15) is 0 Å². The summed E-state index contributed by atoms with van der Waals surface area (Å²) in [7, 11) is 0. The van der Waals surface area contributed by atoms with Crippen LogP contribution in [0.25, 0.3) is 0 Å². The fourth-order valence-corrected chi connectivity index (χ4v) is 3.35. The van der Waals surface area contributed by atoms with E-state index < -0.39 is 0 Å². The van der Waals surface area contributed by atoms with Gasteiger partial charge in [0.25, 0.3) is 0 Å². The van der Waals surface area contributed by atoms with Gasteiger partial charge in [-0.25, -0.2) is 0 Å². The highest BCUT2D eigenvalue weighted by Gasteiger charge is 2.09. The Morgan fingerprint density at radius 3 is 1.54 bits per heavy atom. The minimum Gasteiger partial charge on any atom is -0.379 e. The summed E-state index contributed by atoms with van der Waals surface area (Å²) in [6.07, 6.45) is 22.8. The summed E-state index contributed by atoms with van der Waals surface area (Å²) >= 11 is 0. The Bertz CT molecular complexity index is 242. The monoisotopic (exact) mass is 370 g/mol. The Morgan fingerprint density at radius 1 is 0.500 bits per heavy atom. The molecule has 1 unspecified atom stereocenters. The van der Waals surface area contributed by atoms with Gasteiger partial charge in [-0.3, -0.25) is 0 Å². The van der Waals surface area contributed by atoms with Gasteiger partial charge in [-0.1, -0.05) is 111 Å². The van der Waals surface area contributed by atoms with Gasteiger partial charge >= 0.3 is 0 Å². The maximum absolute atomic E-state index is 6.16. The number of rotatable bonds is 22. The van der Waals surface area contributed by atoms with E-state index in [1.165, 1.54) is 109 Å². The van der Waals surface area contributed by atoms with E-state index >= 15 is 0 Å². The second kappa shape index (κ2) is 23.0. The van der Waals surface area contributed by atoms with Crippen LogP contribution in [-0.2, 0) is 9.47 Å². The third-order valence-corrected chi connectivity index (χ3v) is 5.18.